The van der Waals surface area contributed by atoms with Crippen LogP contribution in [0.5, 0.6) is 5.75 Å². The highest BCUT2D eigenvalue weighted by Gasteiger charge is 2.22. The van der Waals surface area contributed by atoms with Crippen LogP contribution in [0.2, 0.25) is 10.0 Å². The minimum Gasteiger partial charge on any atom is -0.484 e. The summed E-state index contributed by atoms with van der Waals surface area (Å²) in [4.78, 5) is 16.7. The van der Waals surface area contributed by atoms with Crippen LogP contribution in [0.1, 0.15) is 5.56 Å². The van der Waals surface area contributed by atoms with E-state index >= 15 is 0 Å². The number of halogens is 2. The molecule has 0 unspecified atom stereocenters. The van der Waals surface area contributed by atoms with E-state index in [0.29, 0.717) is 34.6 Å². The summed E-state index contributed by atoms with van der Waals surface area (Å²) in [6.45, 7) is 2.72. The van der Waals surface area contributed by atoms with E-state index in [2.05, 4.69) is 4.90 Å². The predicted octanol–water partition coefficient (Wildman–Crippen LogP) is 4.69. The highest BCUT2D eigenvalue weighted by molar-refractivity contribution is 7.92. The van der Waals surface area contributed by atoms with Crippen LogP contribution >= 0.6 is 23.2 Å². The molecule has 3 aromatic rings. The lowest BCUT2D eigenvalue weighted by atomic mass is 10.2. The largest absolute Gasteiger partial charge is 0.484 e. The monoisotopic (exact) mass is 547 g/mol. The second kappa shape index (κ2) is 11.4. The Balaban J connectivity index is 1.31. The van der Waals surface area contributed by atoms with Crippen molar-refractivity contribution in [3.8, 4) is 5.75 Å². The molecule has 0 bridgehead atoms. The van der Waals surface area contributed by atoms with Gasteiger partial charge in [0.15, 0.2) is 6.61 Å². The Morgan fingerprint density at radius 3 is 2.19 bits per heavy atom. The average molecular weight is 548 g/mol. The van der Waals surface area contributed by atoms with Crippen LogP contribution in [-0.4, -0.2) is 58.3 Å². The van der Waals surface area contributed by atoms with Crippen molar-refractivity contribution in [3.63, 3.8) is 0 Å². The summed E-state index contributed by atoms with van der Waals surface area (Å²) in [6.07, 6.45) is 1.16. The zero-order valence-electron chi connectivity index (χ0n) is 19.8. The number of hydrogen-bond acceptors (Lipinski definition) is 5. The van der Waals surface area contributed by atoms with Gasteiger partial charge in [-0.2, -0.15) is 0 Å². The number of hydrogen-bond donors (Lipinski definition) is 0. The Bertz CT molecular complexity index is 1290. The molecule has 1 saturated heterocycles. The molecule has 0 aliphatic carbocycles. The van der Waals surface area contributed by atoms with Crippen molar-refractivity contribution in [2.45, 2.75) is 6.54 Å². The molecule has 0 aromatic heterocycles. The van der Waals surface area contributed by atoms with Crippen molar-refractivity contribution in [1.29, 1.82) is 0 Å². The van der Waals surface area contributed by atoms with Crippen molar-refractivity contribution in [3.05, 3.63) is 88.4 Å². The third-order valence-electron chi connectivity index (χ3n) is 5.93. The molecule has 1 fully saturated rings. The van der Waals surface area contributed by atoms with Gasteiger partial charge in [-0.25, -0.2) is 8.42 Å². The summed E-state index contributed by atoms with van der Waals surface area (Å²) in [5.74, 6) is 0.398. The number of benzene rings is 3. The van der Waals surface area contributed by atoms with Gasteiger partial charge < -0.3 is 14.5 Å². The standard InChI is InChI=1S/C26H27Cl2N3O4S/c1-36(33,34)31(18-20-5-7-21(27)8-6-20)23-9-11-25(12-10-23)35-19-26(32)30-15-13-29(14-16-30)24-4-2-3-22(28)17-24/h2-12,17H,13-16,18-19H2,1H3. The molecule has 1 heterocycles. The molecule has 0 saturated carbocycles. The zero-order valence-corrected chi connectivity index (χ0v) is 22.1. The molecule has 190 valence electrons. The van der Waals surface area contributed by atoms with E-state index in [9.17, 15) is 13.2 Å². The molecule has 0 spiro atoms. The molecule has 0 atom stereocenters. The predicted molar refractivity (Wildman–Crippen MR) is 145 cm³/mol. The third kappa shape index (κ3) is 6.84. The van der Waals surface area contributed by atoms with E-state index in [-0.39, 0.29) is 19.1 Å². The number of rotatable bonds is 8. The Labute approximate surface area is 221 Å². The van der Waals surface area contributed by atoms with E-state index in [0.717, 1.165) is 30.6 Å². The van der Waals surface area contributed by atoms with Gasteiger partial charge in [0.25, 0.3) is 5.91 Å². The number of amides is 1. The quantitative estimate of drug-likeness (QED) is 0.409. The van der Waals surface area contributed by atoms with Gasteiger partial charge in [0, 0.05) is 41.9 Å². The summed E-state index contributed by atoms with van der Waals surface area (Å²) in [5.41, 5.74) is 2.36. The van der Waals surface area contributed by atoms with Gasteiger partial charge in [-0.3, -0.25) is 9.10 Å². The van der Waals surface area contributed by atoms with E-state index in [1.807, 2.05) is 24.3 Å². The number of sulfonamides is 1. The van der Waals surface area contributed by atoms with Crippen molar-refractivity contribution in [1.82, 2.24) is 4.90 Å². The number of piperazine rings is 1. The Morgan fingerprint density at radius 1 is 0.917 bits per heavy atom. The van der Waals surface area contributed by atoms with Crippen LogP contribution in [0.3, 0.4) is 0 Å². The molecule has 36 heavy (non-hydrogen) atoms. The summed E-state index contributed by atoms with van der Waals surface area (Å²) in [7, 11) is -3.52. The Morgan fingerprint density at radius 2 is 1.58 bits per heavy atom. The minimum absolute atomic E-state index is 0.0862. The molecule has 3 aromatic carbocycles. The maximum absolute atomic E-state index is 12.7. The first-order valence-electron chi connectivity index (χ1n) is 11.4. The number of nitrogens with zero attached hydrogens (tertiary/aromatic N) is 3. The van der Waals surface area contributed by atoms with E-state index in [1.54, 1.807) is 53.4 Å². The normalized spacial score (nSPS) is 14.0. The molecule has 1 aliphatic rings. The highest BCUT2D eigenvalue weighted by atomic mass is 35.5. The van der Waals surface area contributed by atoms with E-state index in [1.165, 1.54) is 4.31 Å². The van der Waals surface area contributed by atoms with Crippen molar-refractivity contribution < 1.29 is 17.9 Å². The van der Waals surface area contributed by atoms with Gasteiger partial charge >= 0.3 is 0 Å². The smallest absolute Gasteiger partial charge is 0.260 e. The van der Waals surface area contributed by atoms with Gasteiger partial charge in [0.05, 0.1) is 18.5 Å². The highest BCUT2D eigenvalue weighted by Crippen LogP contribution is 2.25. The fourth-order valence-electron chi connectivity index (χ4n) is 3.99. The van der Waals surface area contributed by atoms with Gasteiger partial charge in [-0.15, -0.1) is 0 Å². The SMILES string of the molecule is CS(=O)(=O)N(Cc1ccc(Cl)cc1)c1ccc(OCC(=O)N2CCN(c3cccc(Cl)c3)CC2)cc1. The van der Waals surface area contributed by atoms with Gasteiger partial charge in [0.2, 0.25) is 10.0 Å². The van der Waals surface area contributed by atoms with Crippen LogP contribution in [0.25, 0.3) is 0 Å². The summed E-state index contributed by atoms with van der Waals surface area (Å²) in [6, 6.07) is 21.4. The summed E-state index contributed by atoms with van der Waals surface area (Å²) in [5, 5.41) is 1.28. The van der Waals surface area contributed by atoms with Crippen LogP contribution < -0.4 is 13.9 Å². The third-order valence-corrected chi connectivity index (χ3v) is 7.56. The maximum atomic E-state index is 12.7. The van der Waals surface area contributed by atoms with E-state index in [4.69, 9.17) is 27.9 Å². The van der Waals surface area contributed by atoms with Crippen LogP contribution in [0.15, 0.2) is 72.8 Å². The van der Waals surface area contributed by atoms with Crippen LogP contribution in [0.4, 0.5) is 11.4 Å². The lowest BCUT2D eigenvalue weighted by Crippen LogP contribution is -2.50. The van der Waals surface area contributed by atoms with Crippen LogP contribution in [0, 0.1) is 0 Å². The lowest BCUT2D eigenvalue weighted by molar-refractivity contribution is -0.133. The summed E-state index contributed by atoms with van der Waals surface area (Å²) >= 11 is 12.0. The summed E-state index contributed by atoms with van der Waals surface area (Å²) < 4.78 is 31.8. The van der Waals surface area contributed by atoms with Gasteiger partial charge in [-0.05, 0) is 60.2 Å². The minimum atomic E-state index is -3.52. The average Bonchev–Trinajstić information content (AvgIpc) is 2.87. The van der Waals surface area contributed by atoms with E-state index < -0.39 is 10.0 Å². The first kappa shape index (κ1) is 26.1. The maximum Gasteiger partial charge on any atom is 0.260 e. The fourth-order valence-corrected chi connectivity index (χ4v) is 5.19. The fraction of sp³-hybridized carbons (Fsp3) is 0.269. The zero-order chi connectivity index (χ0) is 25.7. The topological polar surface area (TPSA) is 70.2 Å². The van der Waals surface area contributed by atoms with Gasteiger partial charge in [0.1, 0.15) is 5.75 Å². The Hall–Kier alpha value is -2.94. The lowest BCUT2D eigenvalue weighted by Gasteiger charge is -2.36. The molecule has 1 amide bonds. The number of carbonyl (C=O) groups excluding carboxylic acids is 1. The molecule has 1 aliphatic heterocycles. The first-order valence-corrected chi connectivity index (χ1v) is 14.0. The van der Waals surface area contributed by atoms with Crippen molar-refractivity contribution >= 4 is 50.5 Å². The second-order valence-electron chi connectivity index (χ2n) is 8.53. The number of ether oxygens (including phenoxy) is 1. The molecular formula is C26H27Cl2N3O4S. The van der Waals surface area contributed by atoms with Crippen molar-refractivity contribution in [2.24, 2.45) is 0 Å². The molecule has 7 nitrogen and oxygen atoms in total. The van der Waals surface area contributed by atoms with Crippen LogP contribution in [-0.2, 0) is 21.4 Å². The number of anilines is 2. The second-order valence-corrected chi connectivity index (χ2v) is 11.3. The number of carbonyl (C=O) groups is 1. The molecule has 10 heteroatoms. The molecule has 0 radical (unpaired) electrons. The molecular weight excluding hydrogens is 521 g/mol. The van der Waals surface area contributed by atoms with Crippen molar-refractivity contribution in [2.75, 3.05) is 48.2 Å². The molecule has 0 N–H and O–H groups in total. The molecule has 4 rings (SSSR count). The first-order chi connectivity index (χ1) is 17.2. The Kier molecular flexibility index (Phi) is 8.28. The van der Waals surface area contributed by atoms with Gasteiger partial charge in [-0.1, -0.05) is 41.4 Å².